The van der Waals surface area contributed by atoms with E-state index in [4.69, 9.17) is 10.00 Å². The van der Waals surface area contributed by atoms with Crippen molar-refractivity contribution in [2.24, 2.45) is 0 Å². The highest BCUT2D eigenvalue weighted by Gasteiger charge is 2.12. The Bertz CT molecular complexity index is 747. The van der Waals surface area contributed by atoms with Crippen LogP contribution in [0.3, 0.4) is 0 Å². The minimum atomic E-state index is -0.222. The van der Waals surface area contributed by atoms with E-state index in [0.29, 0.717) is 11.3 Å². The van der Waals surface area contributed by atoms with Gasteiger partial charge in [-0.25, -0.2) is 0 Å². The molecule has 2 aromatic rings. The lowest BCUT2D eigenvalue weighted by Gasteiger charge is -2.06. The van der Waals surface area contributed by atoms with Gasteiger partial charge in [0.15, 0.2) is 0 Å². The Hall–Kier alpha value is -2.25. The highest BCUT2D eigenvalue weighted by Crippen LogP contribution is 2.27. The van der Waals surface area contributed by atoms with Gasteiger partial charge < -0.3 is 4.74 Å². The highest BCUT2D eigenvalue weighted by atomic mass is 32.2. The zero-order valence-corrected chi connectivity index (χ0v) is 13.6. The summed E-state index contributed by atoms with van der Waals surface area (Å²) >= 11 is 1.52. The summed E-state index contributed by atoms with van der Waals surface area (Å²) in [6.07, 6.45) is 3.55. The van der Waals surface area contributed by atoms with E-state index in [0.717, 1.165) is 16.9 Å². The van der Waals surface area contributed by atoms with Crippen LogP contribution in [0.25, 0.3) is 0 Å². The summed E-state index contributed by atoms with van der Waals surface area (Å²) in [6, 6.07) is 15.6. The summed E-state index contributed by atoms with van der Waals surface area (Å²) in [4.78, 5) is 13.0. The van der Waals surface area contributed by atoms with Gasteiger partial charge in [0.25, 0.3) is 0 Å². The van der Waals surface area contributed by atoms with Crippen LogP contribution in [0.5, 0.6) is 0 Å². The zero-order chi connectivity index (χ0) is 16.1. The van der Waals surface area contributed by atoms with Crippen molar-refractivity contribution in [1.82, 2.24) is 0 Å². The Balaban J connectivity index is 1.47. The van der Waals surface area contributed by atoms with Crippen molar-refractivity contribution in [2.45, 2.75) is 30.8 Å². The van der Waals surface area contributed by atoms with Gasteiger partial charge in [0.2, 0.25) is 0 Å². The molecule has 116 valence electrons. The van der Waals surface area contributed by atoms with Crippen LogP contribution >= 0.6 is 11.8 Å². The van der Waals surface area contributed by atoms with Crippen molar-refractivity contribution >= 4 is 17.7 Å². The van der Waals surface area contributed by atoms with Crippen LogP contribution in [-0.2, 0) is 29.0 Å². The molecule has 3 rings (SSSR count). The normalized spacial score (nSPS) is 12.5. The minimum absolute atomic E-state index is 0.222. The number of nitriles is 1. The summed E-state index contributed by atoms with van der Waals surface area (Å²) in [7, 11) is 0. The van der Waals surface area contributed by atoms with E-state index in [9.17, 15) is 4.79 Å². The molecule has 0 atom stereocenters. The molecule has 2 aromatic carbocycles. The molecule has 0 N–H and O–H groups in total. The van der Waals surface area contributed by atoms with Crippen molar-refractivity contribution in [1.29, 1.82) is 5.26 Å². The predicted octanol–water partition coefficient (Wildman–Crippen LogP) is 3.88. The first-order valence-electron chi connectivity index (χ1n) is 7.64. The number of esters is 1. The average molecular weight is 323 g/mol. The van der Waals surface area contributed by atoms with Crippen LogP contribution < -0.4 is 0 Å². The standard InChI is InChI=1S/C19H17NO2S/c20-11-14-4-6-15(7-5-14)12-22-19(21)13-23-18-9-8-16-2-1-3-17(16)10-18/h4-10H,1-3,12-13H2. The Labute approximate surface area is 140 Å². The first kappa shape index (κ1) is 15.6. The number of ether oxygens (including phenoxy) is 1. The topological polar surface area (TPSA) is 50.1 Å². The van der Waals surface area contributed by atoms with Crippen LogP contribution in [0.4, 0.5) is 0 Å². The summed E-state index contributed by atoms with van der Waals surface area (Å²) in [5, 5.41) is 8.75. The van der Waals surface area contributed by atoms with Crippen LogP contribution in [0.1, 0.15) is 28.7 Å². The quantitative estimate of drug-likeness (QED) is 0.619. The molecule has 1 aliphatic rings. The number of nitrogens with zero attached hydrogens (tertiary/aromatic N) is 1. The molecular formula is C19H17NO2S. The summed E-state index contributed by atoms with van der Waals surface area (Å²) in [5.74, 6) is 0.0922. The van der Waals surface area contributed by atoms with Gasteiger partial charge in [-0.1, -0.05) is 18.2 Å². The van der Waals surface area contributed by atoms with Gasteiger partial charge in [0.1, 0.15) is 6.61 Å². The summed E-state index contributed by atoms with van der Waals surface area (Å²) in [5.41, 5.74) is 4.35. The third kappa shape index (κ3) is 4.14. The monoisotopic (exact) mass is 323 g/mol. The predicted molar refractivity (Wildman–Crippen MR) is 90.1 cm³/mol. The van der Waals surface area contributed by atoms with Gasteiger partial charge in [-0.05, 0) is 60.2 Å². The van der Waals surface area contributed by atoms with Crippen molar-refractivity contribution < 1.29 is 9.53 Å². The summed E-state index contributed by atoms with van der Waals surface area (Å²) in [6.45, 7) is 0.245. The van der Waals surface area contributed by atoms with E-state index in [1.807, 2.05) is 0 Å². The van der Waals surface area contributed by atoms with E-state index < -0.39 is 0 Å². The second-order valence-corrected chi connectivity index (χ2v) is 6.59. The highest BCUT2D eigenvalue weighted by molar-refractivity contribution is 8.00. The van der Waals surface area contributed by atoms with Gasteiger partial charge in [0.05, 0.1) is 17.4 Å². The van der Waals surface area contributed by atoms with E-state index in [2.05, 4.69) is 24.3 Å². The Morgan fingerprint density at radius 2 is 1.91 bits per heavy atom. The molecule has 0 amide bonds. The second kappa shape index (κ2) is 7.34. The SMILES string of the molecule is N#Cc1ccc(COC(=O)CSc2ccc3c(c2)CCC3)cc1. The molecule has 0 heterocycles. The molecule has 0 bridgehead atoms. The van der Waals surface area contributed by atoms with E-state index >= 15 is 0 Å². The molecule has 0 aliphatic heterocycles. The smallest absolute Gasteiger partial charge is 0.316 e. The first-order chi connectivity index (χ1) is 11.2. The third-order valence-corrected chi connectivity index (χ3v) is 4.88. The number of hydrogen-bond donors (Lipinski definition) is 0. The van der Waals surface area contributed by atoms with Crippen LogP contribution in [0.2, 0.25) is 0 Å². The third-order valence-electron chi connectivity index (χ3n) is 3.91. The maximum atomic E-state index is 11.9. The van der Waals surface area contributed by atoms with Crippen molar-refractivity contribution in [2.75, 3.05) is 5.75 Å². The van der Waals surface area contributed by atoms with Crippen molar-refractivity contribution in [3.8, 4) is 6.07 Å². The van der Waals surface area contributed by atoms with E-state index in [1.54, 1.807) is 24.3 Å². The van der Waals surface area contributed by atoms with Crippen LogP contribution in [0.15, 0.2) is 47.4 Å². The molecule has 0 unspecified atom stereocenters. The maximum Gasteiger partial charge on any atom is 0.316 e. The number of benzene rings is 2. The van der Waals surface area contributed by atoms with Gasteiger partial charge >= 0.3 is 5.97 Å². The Morgan fingerprint density at radius 1 is 1.13 bits per heavy atom. The number of carbonyl (C=O) groups excluding carboxylic acids is 1. The second-order valence-electron chi connectivity index (χ2n) is 5.54. The maximum absolute atomic E-state index is 11.9. The fraction of sp³-hybridized carbons (Fsp3) is 0.263. The molecule has 0 fully saturated rings. The zero-order valence-electron chi connectivity index (χ0n) is 12.7. The Kier molecular flexibility index (Phi) is 4.99. The van der Waals surface area contributed by atoms with Crippen LogP contribution in [-0.4, -0.2) is 11.7 Å². The molecular weight excluding hydrogens is 306 g/mol. The van der Waals surface area contributed by atoms with Crippen molar-refractivity contribution in [3.63, 3.8) is 0 Å². The molecule has 0 spiro atoms. The molecule has 0 radical (unpaired) electrons. The average Bonchev–Trinajstić information content (AvgIpc) is 3.06. The summed E-state index contributed by atoms with van der Waals surface area (Å²) < 4.78 is 5.27. The number of carbonyl (C=O) groups is 1. The van der Waals surface area contributed by atoms with Gasteiger partial charge in [-0.3, -0.25) is 4.79 Å². The number of aryl methyl sites for hydroxylation is 2. The lowest BCUT2D eigenvalue weighted by molar-refractivity contribution is -0.141. The van der Waals surface area contributed by atoms with E-state index in [1.165, 1.54) is 35.7 Å². The number of fused-ring (bicyclic) bond motifs is 1. The number of thioether (sulfide) groups is 1. The van der Waals surface area contributed by atoms with Gasteiger partial charge in [0, 0.05) is 4.90 Å². The lowest BCUT2D eigenvalue weighted by atomic mass is 10.1. The van der Waals surface area contributed by atoms with Gasteiger partial charge in [-0.15, -0.1) is 11.8 Å². The molecule has 4 heteroatoms. The fourth-order valence-electron chi connectivity index (χ4n) is 2.66. The number of hydrogen-bond acceptors (Lipinski definition) is 4. The largest absolute Gasteiger partial charge is 0.460 e. The molecule has 0 saturated carbocycles. The Morgan fingerprint density at radius 3 is 2.70 bits per heavy atom. The lowest BCUT2D eigenvalue weighted by Crippen LogP contribution is -2.07. The fourth-order valence-corrected chi connectivity index (χ4v) is 3.42. The van der Waals surface area contributed by atoms with Crippen LogP contribution in [0, 0.1) is 11.3 Å². The number of rotatable bonds is 5. The first-order valence-corrected chi connectivity index (χ1v) is 8.62. The van der Waals surface area contributed by atoms with E-state index in [-0.39, 0.29) is 12.6 Å². The minimum Gasteiger partial charge on any atom is -0.460 e. The molecule has 0 saturated heterocycles. The molecule has 0 aromatic heterocycles. The van der Waals surface area contributed by atoms with Crippen molar-refractivity contribution in [3.05, 3.63) is 64.7 Å². The molecule has 1 aliphatic carbocycles. The molecule has 23 heavy (non-hydrogen) atoms. The molecule has 3 nitrogen and oxygen atoms in total. The van der Waals surface area contributed by atoms with Gasteiger partial charge in [-0.2, -0.15) is 5.26 Å².